The van der Waals surface area contributed by atoms with Crippen LogP contribution in [-0.2, 0) is 11.3 Å². The smallest absolute Gasteiger partial charge is 0.255 e. The molecule has 0 radical (unpaired) electrons. The first-order valence-corrected chi connectivity index (χ1v) is 11.7. The fourth-order valence-electron chi connectivity index (χ4n) is 4.23. The molecular weight excluding hydrogens is 418 g/mol. The second kappa shape index (κ2) is 10.8. The van der Waals surface area contributed by atoms with Crippen molar-refractivity contribution in [1.82, 2.24) is 20.2 Å². The number of morpholine rings is 1. The predicted octanol–water partition coefficient (Wildman–Crippen LogP) is 3.40. The van der Waals surface area contributed by atoms with Crippen LogP contribution in [-0.4, -0.2) is 66.2 Å². The van der Waals surface area contributed by atoms with Crippen molar-refractivity contribution >= 4 is 22.8 Å². The monoisotopic (exact) mass is 451 g/mol. The standard InChI is InChI=1S/C25H33N5O3/c1-18(2)30(16-20-8-5-4-6-9-20)11-7-10-26-24(31)21-19(3)33-25-22(21)23(27-17-28-25)29-12-14-32-15-13-29/h4-6,8-9,17-18H,7,10-16H2,1-3H3,(H,26,31). The van der Waals surface area contributed by atoms with Gasteiger partial charge < -0.3 is 19.4 Å². The van der Waals surface area contributed by atoms with Crippen LogP contribution in [0.1, 0.15) is 41.9 Å². The Kier molecular flexibility index (Phi) is 7.57. The van der Waals surface area contributed by atoms with Crippen LogP contribution < -0.4 is 10.2 Å². The average Bonchev–Trinajstić information content (AvgIpc) is 3.17. The molecule has 0 atom stereocenters. The van der Waals surface area contributed by atoms with Crippen LogP contribution in [0.3, 0.4) is 0 Å². The van der Waals surface area contributed by atoms with Crippen molar-refractivity contribution in [3.63, 3.8) is 0 Å². The Hall–Kier alpha value is -2.97. The van der Waals surface area contributed by atoms with Crippen molar-refractivity contribution in [2.45, 2.75) is 39.8 Å². The summed E-state index contributed by atoms with van der Waals surface area (Å²) >= 11 is 0. The number of nitrogens with zero attached hydrogens (tertiary/aromatic N) is 4. The van der Waals surface area contributed by atoms with E-state index in [9.17, 15) is 4.79 Å². The molecule has 0 saturated carbocycles. The summed E-state index contributed by atoms with van der Waals surface area (Å²) in [6.45, 7) is 11.3. The number of benzene rings is 1. The van der Waals surface area contributed by atoms with Crippen molar-refractivity contribution in [2.75, 3.05) is 44.3 Å². The van der Waals surface area contributed by atoms with E-state index in [-0.39, 0.29) is 5.91 Å². The van der Waals surface area contributed by atoms with Gasteiger partial charge in [0.25, 0.3) is 5.91 Å². The highest BCUT2D eigenvalue weighted by Crippen LogP contribution is 2.31. The number of ether oxygens (including phenoxy) is 1. The number of aryl methyl sites for hydroxylation is 1. The Labute approximate surface area is 194 Å². The lowest BCUT2D eigenvalue weighted by atomic mass is 10.1. The van der Waals surface area contributed by atoms with Crippen LogP contribution in [0.4, 0.5) is 5.82 Å². The molecule has 1 aliphatic heterocycles. The average molecular weight is 452 g/mol. The van der Waals surface area contributed by atoms with E-state index in [1.807, 2.05) is 6.07 Å². The van der Waals surface area contributed by atoms with Crippen LogP contribution >= 0.6 is 0 Å². The number of anilines is 1. The van der Waals surface area contributed by atoms with E-state index in [0.717, 1.165) is 38.4 Å². The van der Waals surface area contributed by atoms with Gasteiger partial charge in [-0.15, -0.1) is 0 Å². The molecule has 0 bridgehead atoms. The van der Waals surface area contributed by atoms with Crippen LogP contribution in [0.25, 0.3) is 11.1 Å². The van der Waals surface area contributed by atoms with E-state index in [1.165, 1.54) is 11.9 Å². The highest BCUT2D eigenvalue weighted by atomic mass is 16.5. The number of hydrogen-bond donors (Lipinski definition) is 1. The van der Waals surface area contributed by atoms with E-state index in [2.05, 4.69) is 63.2 Å². The number of carbonyl (C=O) groups is 1. The van der Waals surface area contributed by atoms with Gasteiger partial charge in [0.15, 0.2) is 0 Å². The number of aromatic nitrogens is 2. The summed E-state index contributed by atoms with van der Waals surface area (Å²) in [7, 11) is 0. The third-order valence-electron chi connectivity index (χ3n) is 6.05. The number of hydrogen-bond acceptors (Lipinski definition) is 7. The molecule has 8 nitrogen and oxygen atoms in total. The van der Waals surface area contributed by atoms with E-state index in [1.54, 1.807) is 6.92 Å². The number of amides is 1. The topological polar surface area (TPSA) is 83.7 Å². The third kappa shape index (κ3) is 5.51. The first-order valence-electron chi connectivity index (χ1n) is 11.7. The lowest BCUT2D eigenvalue weighted by molar-refractivity contribution is 0.0950. The summed E-state index contributed by atoms with van der Waals surface area (Å²) in [6, 6.07) is 10.9. The molecule has 1 aromatic carbocycles. The van der Waals surface area contributed by atoms with Gasteiger partial charge in [0, 0.05) is 38.8 Å². The van der Waals surface area contributed by atoms with Gasteiger partial charge in [-0.25, -0.2) is 9.97 Å². The Morgan fingerprint density at radius 1 is 1.18 bits per heavy atom. The lowest BCUT2D eigenvalue weighted by Crippen LogP contribution is -2.37. The zero-order valence-corrected chi connectivity index (χ0v) is 19.7. The quantitative estimate of drug-likeness (QED) is 0.499. The molecule has 1 aliphatic rings. The molecule has 176 valence electrons. The van der Waals surface area contributed by atoms with E-state index < -0.39 is 0 Å². The fraction of sp³-hybridized carbons (Fsp3) is 0.480. The summed E-state index contributed by atoms with van der Waals surface area (Å²) in [5.41, 5.74) is 2.27. The number of furan rings is 1. The van der Waals surface area contributed by atoms with Crippen LogP contribution in [0.15, 0.2) is 41.1 Å². The molecule has 8 heteroatoms. The minimum absolute atomic E-state index is 0.144. The van der Waals surface area contributed by atoms with Crippen molar-refractivity contribution in [2.24, 2.45) is 0 Å². The summed E-state index contributed by atoms with van der Waals surface area (Å²) in [6.07, 6.45) is 2.35. The molecule has 3 aromatic rings. The highest BCUT2D eigenvalue weighted by Gasteiger charge is 2.25. The van der Waals surface area contributed by atoms with Gasteiger partial charge in [-0.3, -0.25) is 9.69 Å². The van der Waals surface area contributed by atoms with Crippen LogP contribution in [0, 0.1) is 6.92 Å². The molecule has 1 fully saturated rings. The van der Waals surface area contributed by atoms with Gasteiger partial charge in [0.05, 0.1) is 24.2 Å². The third-order valence-corrected chi connectivity index (χ3v) is 6.05. The number of rotatable bonds is 9. The Balaban J connectivity index is 1.41. The first-order chi connectivity index (χ1) is 16.0. The van der Waals surface area contributed by atoms with Crippen molar-refractivity contribution in [3.05, 3.63) is 53.5 Å². The van der Waals surface area contributed by atoms with E-state index in [0.29, 0.717) is 48.2 Å². The van der Waals surface area contributed by atoms with Gasteiger partial charge in [0.1, 0.15) is 17.9 Å². The molecule has 0 spiro atoms. The fourth-order valence-corrected chi connectivity index (χ4v) is 4.23. The second-order valence-electron chi connectivity index (χ2n) is 8.67. The largest absolute Gasteiger partial charge is 0.442 e. The van der Waals surface area contributed by atoms with Gasteiger partial charge in [-0.05, 0) is 32.8 Å². The molecule has 0 unspecified atom stereocenters. The van der Waals surface area contributed by atoms with Gasteiger partial charge in [0.2, 0.25) is 5.71 Å². The normalized spacial score (nSPS) is 14.4. The maximum atomic E-state index is 13.2. The Morgan fingerprint density at radius 2 is 1.94 bits per heavy atom. The molecule has 2 aromatic heterocycles. The summed E-state index contributed by atoms with van der Waals surface area (Å²) < 4.78 is 11.3. The predicted molar refractivity (Wildman–Crippen MR) is 129 cm³/mol. The van der Waals surface area contributed by atoms with E-state index in [4.69, 9.17) is 9.15 Å². The lowest BCUT2D eigenvalue weighted by Gasteiger charge is -2.28. The van der Waals surface area contributed by atoms with Gasteiger partial charge >= 0.3 is 0 Å². The molecule has 3 heterocycles. The number of carbonyl (C=O) groups excluding carboxylic acids is 1. The van der Waals surface area contributed by atoms with Gasteiger partial charge in [-0.2, -0.15) is 0 Å². The minimum atomic E-state index is -0.144. The molecule has 1 N–H and O–H groups in total. The molecule has 33 heavy (non-hydrogen) atoms. The highest BCUT2D eigenvalue weighted by molar-refractivity contribution is 6.10. The summed E-state index contributed by atoms with van der Waals surface area (Å²) in [4.78, 5) is 26.4. The van der Waals surface area contributed by atoms with Crippen molar-refractivity contribution < 1.29 is 13.9 Å². The Morgan fingerprint density at radius 3 is 2.67 bits per heavy atom. The minimum Gasteiger partial charge on any atom is -0.442 e. The zero-order chi connectivity index (χ0) is 23.2. The number of fused-ring (bicyclic) bond motifs is 1. The molecule has 0 aliphatic carbocycles. The molecule has 1 amide bonds. The van der Waals surface area contributed by atoms with Crippen molar-refractivity contribution in [1.29, 1.82) is 0 Å². The maximum absolute atomic E-state index is 13.2. The van der Waals surface area contributed by atoms with Crippen LogP contribution in [0.5, 0.6) is 0 Å². The molecule has 1 saturated heterocycles. The Bertz CT molecular complexity index is 1060. The first kappa shape index (κ1) is 23.2. The molecular formula is C25H33N5O3. The molecule has 4 rings (SSSR count). The number of nitrogens with one attached hydrogen (secondary N) is 1. The van der Waals surface area contributed by atoms with Gasteiger partial charge in [-0.1, -0.05) is 30.3 Å². The van der Waals surface area contributed by atoms with E-state index >= 15 is 0 Å². The summed E-state index contributed by atoms with van der Waals surface area (Å²) in [5, 5.41) is 3.76. The SMILES string of the molecule is Cc1oc2ncnc(N3CCOCC3)c2c1C(=O)NCCCN(Cc1ccccc1)C(C)C. The second-order valence-corrected chi connectivity index (χ2v) is 8.67. The van der Waals surface area contributed by atoms with Crippen LogP contribution in [0.2, 0.25) is 0 Å². The zero-order valence-electron chi connectivity index (χ0n) is 19.7. The van der Waals surface area contributed by atoms with Crippen molar-refractivity contribution in [3.8, 4) is 0 Å². The maximum Gasteiger partial charge on any atom is 0.255 e. The summed E-state index contributed by atoms with van der Waals surface area (Å²) in [5.74, 6) is 1.15.